The minimum absolute atomic E-state index is 0.354. The van der Waals surface area contributed by atoms with Crippen molar-refractivity contribution in [1.82, 2.24) is 0 Å². The molecule has 0 heterocycles. The molecule has 112 valence electrons. The lowest BCUT2D eigenvalue weighted by molar-refractivity contribution is 0.0527. The van der Waals surface area contributed by atoms with Gasteiger partial charge < -0.3 is 15.4 Å². The first kappa shape index (κ1) is 16.3. The van der Waals surface area contributed by atoms with Crippen LogP contribution in [0.2, 0.25) is 0 Å². The molecule has 20 heavy (non-hydrogen) atoms. The van der Waals surface area contributed by atoms with Crippen LogP contribution in [0.15, 0.2) is 18.2 Å². The summed E-state index contributed by atoms with van der Waals surface area (Å²) in [4.78, 5) is 14.1. The highest BCUT2D eigenvalue weighted by molar-refractivity contribution is 5.98. The number of ether oxygens (including phenoxy) is 1. The second-order valence-corrected chi connectivity index (χ2v) is 5.01. The first-order chi connectivity index (χ1) is 9.54. The van der Waals surface area contributed by atoms with E-state index in [0.29, 0.717) is 23.8 Å². The first-order valence-corrected chi connectivity index (χ1v) is 7.35. The second-order valence-electron chi connectivity index (χ2n) is 5.01. The summed E-state index contributed by atoms with van der Waals surface area (Å²) in [5.41, 5.74) is 8.04. The molecule has 1 atom stereocenters. The lowest BCUT2D eigenvalue weighted by Gasteiger charge is -2.28. The van der Waals surface area contributed by atoms with Crippen LogP contribution in [0.1, 0.15) is 44.5 Å². The Morgan fingerprint density at radius 3 is 2.60 bits per heavy atom. The number of rotatable bonds is 7. The average molecular weight is 278 g/mol. The number of carbonyl (C=O) groups is 1. The maximum absolute atomic E-state index is 11.9. The highest BCUT2D eigenvalue weighted by Gasteiger charge is 2.17. The Bertz CT molecular complexity index is 446. The Balaban J connectivity index is 3.05. The summed E-state index contributed by atoms with van der Waals surface area (Å²) in [7, 11) is 0. The molecule has 0 aliphatic heterocycles. The van der Waals surface area contributed by atoms with Gasteiger partial charge in [-0.15, -0.1) is 0 Å². The molecule has 2 N–H and O–H groups in total. The van der Waals surface area contributed by atoms with Gasteiger partial charge in [0.2, 0.25) is 0 Å². The number of hydrogen-bond acceptors (Lipinski definition) is 4. The van der Waals surface area contributed by atoms with Crippen LogP contribution in [-0.4, -0.2) is 25.7 Å². The molecular formula is C16H26N2O2. The molecule has 0 saturated heterocycles. The number of para-hydroxylation sites is 1. The normalized spacial score (nSPS) is 12.0. The Hall–Kier alpha value is -1.71. The fourth-order valence-electron chi connectivity index (χ4n) is 2.12. The molecule has 4 heteroatoms. The van der Waals surface area contributed by atoms with Crippen LogP contribution in [0.4, 0.5) is 11.4 Å². The van der Waals surface area contributed by atoms with Gasteiger partial charge in [0.1, 0.15) is 0 Å². The van der Waals surface area contributed by atoms with Crippen molar-refractivity contribution < 1.29 is 9.53 Å². The zero-order valence-corrected chi connectivity index (χ0v) is 13.0. The zero-order valence-electron chi connectivity index (χ0n) is 13.0. The minimum Gasteiger partial charge on any atom is -0.462 e. The largest absolute Gasteiger partial charge is 0.462 e. The molecular weight excluding hydrogens is 252 g/mol. The summed E-state index contributed by atoms with van der Waals surface area (Å²) in [6.07, 6.45) is 1.12. The van der Waals surface area contributed by atoms with Gasteiger partial charge in [0.15, 0.2) is 0 Å². The molecule has 4 nitrogen and oxygen atoms in total. The summed E-state index contributed by atoms with van der Waals surface area (Å²) in [6, 6.07) is 5.54. The Kier molecular flexibility index (Phi) is 6.36. The fourth-order valence-corrected chi connectivity index (χ4v) is 2.12. The lowest BCUT2D eigenvalue weighted by atomic mass is 10.1. The van der Waals surface area contributed by atoms with Crippen LogP contribution in [0, 0.1) is 5.92 Å². The predicted octanol–water partition coefficient (Wildman–Crippen LogP) is 3.32. The van der Waals surface area contributed by atoms with Crippen molar-refractivity contribution in [1.29, 1.82) is 0 Å². The van der Waals surface area contributed by atoms with Crippen molar-refractivity contribution in [2.45, 2.75) is 34.1 Å². The Morgan fingerprint density at radius 1 is 1.35 bits per heavy atom. The number of hydrogen-bond donors (Lipinski definition) is 1. The maximum atomic E-state index is 11.9. The molecule has 0 bridgehead atoms. The Morgan fingerprint density at radius 2 is 2.05 bits per heavy atom. The molecule has 0 saturated carbocycles. The lowest BCUT2D eigenvalue weighted by Crippen LogP contribution is -2.29. The van der Waals surface area contributed by atoms with Crippen molar-refractivity contribution in [2.24, 2.45) is 5.92 Å². The van der Waals surface area contributed by atoms with E-state index in [4.69, 9.17) is 10.5 Å². The summed E-state index contributed by atoms with van der Waals surface area (Å²) >= 11 is 0. The van der Waals surface area contributed by atoms with E-state index in [0.717, 1.165) is 25.2 Å². The molecule has 0 fully saturated rings. The van der Waals surface area contributed by atoms with E-state index >= 15 is 0 Å². The number of anilines is 2. The third-order valence-corrected chi connectivity index (χ3v) is 3.53. The van der Waals surface area contributed by atoms with Crippen molar-refractivity contribution in [3.63, 3.8) is 0 Å². The summed E-state index contributed by atoms with van der Waals surface area (Å²) in [5, 5.41) is 0. The number of benzene rings is 1. The van der Waals surface area contributed by atoms with Crippen molar-refractivity contribution in [3.05, 3.63) is 23.8 Å². The maximum Gasteiger partial charge on any atom is 0.340 e. The van der Waals surface area contributed by atoms with Crippen molar-refractivity contribution in [3.8, 4) is 0 Å². The van der Waals surface area contributed by atoms with Gasteiger partial charge in [-0.2, -0.15) is 0 Å². The van der Waals surface area contributed by atoms with Gasteiger partial charge in [0.05, 0.1) is 23.5 Å². The molecule has 1 rings (SSSR count). The van der Waals surface area contributed by atoms with Crippen LogP contribution in [0.5, 0.6) is 0 Å². The van der Waals surface area contributed by atoms with Gasteiger partial charge >= 0.3 is 5.97 Å². The van der Waals surface area contributed by atoms with Crippen LogP contribution < -0.4 is 10.6 Å². The highest BCUT2D eigenvalue weighted by atomic mass is 16.5. The average Bonchev–Trinajstić information content (AvgIpc) is 2.45. The molecule has 0 radical (unpaired) electrons. The van der Waals surface area contributed by atoms with E-state index in [1.807, 2.05) is 12.1 Å². The van der Waals surface area contributed by atoms with Crippen molar-refractivity contribution >= 4 is 17.3 Å². The number of nitrogens with zero attached hydrogens (tertiary/aromatic N) is 1. The van der Waals surface area contributed by atoms with Crippen LogP contribution in [0.3, 0.4) is 0 Å². The summed E-state index contributed by atoms with van der Waals surface area (Å²) in [6.45, 7) is 10.4. The van der Waals surface area contributed by atoms with E-state index in [1.165, 1.54) is 0 Å². The van der Waals surface area contributed by atoms with Gasteiger partial charge in [-0.05, 0) is 31.9 Å². The molecule has 0 aromatic heterocycles. The number of esters is 1. The number of nitrogens with two attached hydrogens (primary N) is 1. The Labute approximate surface area is 121 Å². The van der Waals surface area contributed by atoms with E-state index in [2.05, 4.69) is 25.7 Å². The number of nitrogen functional groups attached to an aromatic ring is 1. The van der Waals surface area contributed by atoms with Gasteiger partial charge in [0, 0.05) is 13.1 Å². The molecule has 1 aromatic carbocycles. The molecule has 0 amide bonds. The van der Waals surface area contributed by atoms with E-state index in [1.54, 1.807) is 13.0 Å². The highest BCUT2D eigenvalue weighted by Crippen LogP contribution is 2.28. The van der Waals surface area contributed by atoms with Crippen molar-refractivity contribution in [2.75, 3.05) is 30.3 Å². The second kappa shape index (κ2) is 7.78. The van der Waals surface area contributed by atoms with Gasteiger partial charge in [0.25, 0.3) is 0 Å². The van der Waals surface area contributed by atoms with E-state index in [9.17, 15) is 4.79 Å². The molecule has 0 aliphatic rings. The molecule has 0 aliphatic carbocycles. The molecule has 0 spiro atoms. The van der Waals surface area contributed by atoms with Crippen LogP contribution in [-0.2, 0) is 4.74 Å². The quantitative estimate of drug-likeness (QED) is 0.614. The summed E-state index contributed by atoms with van der Waals surface area (Å²) < 4.78 is 5.04. The van der Waals surface area contributed by atoms with Gasteiger partial charge in [-0.25, -0.2) is 4.79 Å². The standard InChI is InChI=1S/C16H26N2O2/c1-5-12(4)11-18(6-2)14-10-8-9-13(15(14)17)16(19)20-7-3/h8-10,12H,5-7,11,17H2,1-4H3. The smallest absolute Gasteiger partial charge is 0.340 e. The van der Waals surface area contributed by atoms with Gasteiger partial charge in [-0.1, -0.05) is 26.3 Å². The zero-order chi connectivity index (χ0) is 15.1. The monoisotopic (exact) mass is 278 g/mol. The van der Waals surface area contributed by atoms with Gasteiger partial charge in [-0.3, -0.25) is 0 Å². The van der Waals surface area contributed by atoms with E-state index < -0.39 is 0 Å². The first-order valence-electron chi connectivity index (χ1n) is 7.35. The molecule has 1 unspecified atom stereocenters. The van der Waals surface area contributed by atoms with Crippen LogP contribution >= 0.6 is 0 Å². The third kappa shape index (κ3) is 3.89. The minimum atomic E-state index is -0.355. The topological polar surface area (TPSA) is 55.6 Å². The van der Waals surface area contributed by atoms with E-state index in [-0.39, 0.29) is 5.97 Å². The predicted molar refractivity (Wildman–Crippen MR) is 84.2 cm³/mol. The number of carbonyl (C=O) groups excluding carboxylic acids is 1. The van der Waals surface area contributed by atoms with Crippen LogP contribution in [0.25, 0.3) is 0 Å². The SMILES string of the molecule is CCOC(=O)c1cccc(N(CC)CC(C)CC)c1N. The third-order valence-electron chi connectivity index (χ3n) is 3.53. The summed E-state index contributed by atoms with van der Waals surface area (Å²) in [5.74, 6) is 0.229. The molecule has 1 aromatic rings. The fraction of sp³-hybridized carbons (Fsp3) is 0.562.